The Balaban J connectivity index is 0.00000118. The molecule has 6 aromatic carbocycles. The molecule has 1 N–H and O–H groups in total. The summed E-state index contributed by atoms with van der Waals surface area (Å²) in [5, 5.41) is 8.50. The van der Waals surface area contributed by atoms with Crippen LogP contribution in [0.3, 0.4) is 0 Å². The molecule has 2 bridgehead atoms. The van der Waals surface area contributed by atoms with E-state index in [0.717, 1.165) is 78.2 Å². The number of nitrogens with zero attached hydrogens (tertiary/aromatic N) is 2. The van der Waals surface area contributed by atoms with Crippen molar-refractivity contribution in [3.05, 3.63) is 217 Å². The Morgan fingerprint density at radius 3 is 2.12 bits per heavy atom. The Hall–Kier alpha value is -6.63. The number of furan rings is 1. The van der Waals surface area contributed by atoms with E-state index in [1.165, 1.54) is 62.6 Å². The smallest absolute Gasteiger partial charge is 0.192 e. The molecule has 2 aliphatic rings. The number of anilines is 5. The Morgan fingerprint density at radius 2 is 1.45 bits per heavy atom. The summed E-state index contributed by atoms with van der Waals surface area (Å²) in [6, 6.07) is 51.5. The number of hydrogen-bond acceptors (Lipinski definition) is 5. The van der Waals surface area contributed by atoms with E-state index in [9.17, 15) is 0 Å². The predicted octanol–water partition coefficient (Wildman–Crippen LogP) is 22.2. The highest BCUT2D eigenvalue weighted by Crippen LogP contribution is 2.43. The molecule has 1 aliphatic heterocycles. The maximum Gasteiger partial charge on any atom is 0.192 e. The third-order valence-corrected chi connectivity index (χ3v) is 14.5. The second kappa shape index (κ2) is 31.7. The molecular weight excluding hydrogens is 966 g/mol. The Bertz CT molecular complexity index is 3060. The van der Waals surface area contributed by atoms with Gasteiger partial charge < -0.3 is 19.5 Å². The standard InChI is InChI=1S/C63H68BN3OS.C3H8.2C2H6.C2H4/c1-8-10-18-51(17-9-2)66(52-19-12-11-13-20-52)53-35-30-49-44-55(37-36-53)67(54-33-28-48(29-34-54)63(4,5)6)59-23-16-22-58(62(59)64(49)41-39-45(3)40-42-69-7)65-50-31-25-46(26-32-50)47-27-38-61-57(43-47)56-21-14-15-24-60(56)68-61;1-3-2;3*1-2/h11-17,19-36,38-40,42-43,49,55,65H,8-10,18,37,41,44H2,1-7H3;3H2,1-2H3;2*1-2H3;1-2H2/b35-30-,42-40-,45-39-,51-17+,53-36+;;;;. The van der Waals surface area contributed by atoms with E-state index in [2.05, 4.69) is 259 Å². The SMILES string of the molecule is C=C.CC.CC.CC/C=C(\CCCC)N(C1=C/CC2CC(/C=C\1)B(C/C=C(C)\C=C/SC)c1c(Nc3ccc(-c4ccc5oc6ccccc6c5c4)cc3)cccc1N2c1ccc(C(C)(C)C)cc1)c1ccccc1.CCC. The van der Waals surface area contributed by atoms with Crippen LogP contribution >= 0.6 is 11.8 Å². The van der Waals surface area contributed by atoms with Gasteiger partial charge in [-0.15, -0.1) is 24.9 Å². The Labute approximate surface area is 477 Å². The summed E-state index contributed by atoms with van der Waals surface area (Å²) in [4.78, 5) is 5.25. The molecular formula is C72H92BN3OS. The van der Waals surface area contributed by atoms with Crippen molar-refractivity contribution in [2.24, 2.45) is 0 Å². The van der Waals surface area contributed by atoms with E-state index in [1.54, 1.807) is 11.8 Å². The summed E-state index contributed by atoms with van der Waals surface area (Å²) in [6.45, 7) is 32.2. The fourth-order valence-electron chi connectivity index (χ4n) is 10.5. The number of rotatable bonds is 15. The van der Waals surface area contributed by atoms with Crippen molar-refractivity contribution in [2.75, 3.05) is 21.4 Å². The van der Waals surface area contributed by atoms with Crippen LogP contribution in [0.25, 0.3) is 33.1 Å². The van der Waals surface area contributed by atoms with Crippen LogP contribution in [0.1, 0.15) is 134 Å². The molecule has 78 heavy (non-hydrogen) atoms. The fraction of sp³-hybridized carbons (Fsp3) is 0.333. The van der Waals surface area contributed by atoms with Gasteiger partial charge in [0, 0.05) is 56.6 Å². The van der Waals surface area contributed by atoms with Gasteiger partial charge in [0.25, 0.3) is 0 Å². The van der Waals surface area contributed by atoms with Crippen LogP contribution in [0.15, 0.2) is 216 Å². The van der Waals surface area contributed by atoms with E-state index in [1.807, 2.05) is 39.8 Å². The normalized spacial score (nSPS) is 16.2. The highest BCUT2D eigenvalue weighted by molar-refractivity contribution is 8.01. The molecule has 410 valence electrons. The van der Waals surface area contributed by atoms with Gasteiger partial charge in [-0.05, 0) is 157 Å². The summed E-state index contributed by atoms with van der Waals surface area (Å²) < 4.78 is 6.17. The van der Waals surface area contributed by atoms with Crippen LogP contribution in [-0.2, 0) is 5.41 Å². The molecule has 2 heterocycles. The number of fused-ring (bicyclic) bond motifs is 6. The van der Waals surface area contributed by atoms with Gasteiger partial charge in [-0.1, -0.05) is 204 Å². The molecule has 0 radical (unpaired) electrons. The Morgan fingerprint density at radius 1 is 0.782 bits per heavy atom. The minimum absolute atomic E-state index is 0.0540. The molecule has 0 amide bonds. The molecule has 1 aliphatic carbocycles. The van der Waals surface area contributed by atoms with E-state index in [4.69, 9.17) is 4.42 Å². The Kier molecular flexibility index (Phi) is 25.3. The monoisotopic (exact) mass is 1060 g/mol. The lowest BCUT2D eigenvalue weighted by atomic mass is 9.34. The van der Waals surface area contributed by atoms with Crippen molar-refractivity contribution in [1.29, 1.82) is 0 Å². The number of unbranched alkanes of at least 4 members (excludes halogenated alkanes) is 1. The molecule has 0 spiro atoms. The van der Waals surface area contributed by atoms with Crippen molar-refractivity contribution in [2.45, 2.75) is 152 Å². The van der Waals surface area contributed by atoms with Crippen molar-refractivity contribution < 1.29 is 4.42 Å². The zero-order valence-corrected chi connectivity index (χ0v) is 50.7. The quantitative estimate of drug-likeness (QED) is 0.0628. The fourth-order valence-corrected chi connectivity index (χ4v) is 10.8. The third-order valence-electron chi connectivity index (χ3n) is 14.1. The van der Waals surface area contributed by atoms with E-state index < -0.39 is 0 Å². The van der Waals surface area contributed by atoms with Crippen molar-refractivity contribution >= 4 is 74.3 Å². The summed E-state index contributed by atoms with van der Waals surface area (Å²) in [5.41, 5.74) is 16.8. The van der Waals surface area contributed by atoms with Crippen LogP contribution in [-0.4, -0.2) is 19.0 Å². The number of benzene rings is 6. The molecule has 0 fully saturated rings. The maximum atomic E-state index is 6.17. The van der Waals surface area contributed by atoms with Gasteiger partial charge in [0.1, 0.15) is 11.2 Å². The van der Waals surface area contributed by atoms with Gasteiger partial charge in [-0.2, -0.15) is 0 Å². The molecule has 6 heteroatoms. The van der Waals surface area contributed by atoms with E-state index in [0.29, 0.717) is 0 Å². The summed E-state index contributed by atoms with van der Waals surface area (Å²) in [7, 11) is 0. The lowest BCUT2D eigenvalue weighted by Crippen LogP contribution is -2.36. The van der Waals surface area contributed by atoms with Crippen LogP contribution in [0, 0.1) is 0 Å². The predicted molar refractivity (Wildman–Crippen MR) is 353 cm³/mol. The van der Waals surface area contributed by atoms with Gasteiger partial charge in [-0.25, -0.2) is 0 Å². The molecule has 1 aromatic heterocycles. The van der Waals surface area contributed by atoms with E-state index in [-0.39, 0.29) is 24.0 Å². The number of thioether (sulfide) groups is 1. The summed E-state index contributed by atoms with van der Waals surface area (Å²) in [5.74, 6) is 0.260. The lowest BCUT2D eigenvalue weighted by molar-refractivity contribution is 0.588. The first-order valence-corrected chi connectivity index (χ1v) is 30.4. The van der Waals surface area contributed by atoms with Crippen LogP contribution in [0.2, 0.25) is 12.1 Å². The average Bonchev–Trinajstić information content (AvgIpc) is 3.86. The van der Waals surface area contributed by atoms with Gasteiger partial charge in [0.2, 0.25) is 0 Å². The van der Waals surface area contributed by atoms with Crippen molar-refractivity contribution in [3.8, 4) is 11.1 Å². The summed E-state index contributed by atoms with van der Waals surface area (Å²) >= 11 is 1.75. The number of allylic oxidation sites excluding steroid dienone is 7. The topological polar surface area (TPSA) is 31.6 Å². The molecule has 0 saturated heterocycles. The second-order valence-corrected chi connectivity index (χ2v) is 21.4. The maximum absolute atomic E-state index is 6.17. The molecule has 9 rings (SSSR count). The third kappa shape index (κ3) is 15.8. The average molecular weight is 1060 g/mol. The van der Waals surface area contributed by atoms with Gasteiger partial charge in [-0.3, -0.25) is 0 Å². The van der Waals surface area contributed by atoms with Crippen molar-refractivity contribution in [3.63, 3.8) is 0 Å². The lowest BCUT2D eigenvalue weighted by Gasteiger charge is -2.36. The zero-order chi connectivity index (χ0) is 56.6. The number of hydrogen-bond donors (Lipinski definition) is 1. The van der Waals surface area contributed by atoms with Crippen molar-refractivity contribution in [1.82, 2.24) is 0 Å². The second-order valence-electron chi connectivity index (χ2n) is 20.6. The minimum Gasteiger partial charge on any atom is -0.456 e. The van der Waals surface area contributed by atoms with Crippen LogP contribution in [0.4, 0.5) is 28.4 Å². The van der Waals surface area contributed by atoms with Gasteiger partial charge in [0.15, 0.2) is 6.71 Å². The highest BCUT2D eigenvalue weighted by atomic mass is 32.2. The largest absolute Gasteiger partial charge is 0.456 e. The summed E-state index contributed by atoms with van der Waals surface area (Å²) in [6.07, 6.45) is 25.3. The minimum atomic E-state index is 0.0540. The zero-order valence-electron chi connectivity index (χ0n) is 49.8. The molecule has 0 saturated carbocycles. The first-order valence-electron chi connectivity index (χ1n) is 29.1. The molecule has 2 atom stereocenters. The first-order chi connectivity index (χ1) is 38.0. The van der Waals surface area contributed by atoms with Crippen LogP contribution < -0.4 is 20.6 Å². The molecule has 4 nitrogen and oxygen atoms in total. The first kappa shape index (κ1) is 62.2. The van der Waals surface area contributed by atoms with Gasteiger partial charge >= 0.3 is 0 Å². The number of para-hydroxylation sites is 2. The molecule has 2 unspecified atom stereocenters. The van der Waals surface area contributed by atoms with E-state index >= 15 is 0 Å². The highest BCUT2D eigenvalue weighted by Gasteiger charge is 2.39. The van der Waals surface area contributed by atoms with Crippen LogP contribution in [0.5, 0.6) is 0 Å². The van der Waals surface area contributed by atoms with Gasteiger partial charge in [0.05, 0.1) is 0 Å². The molecule has 7 aromatic rings. The number of nitrogens with one attached hydrogen (secondary N) is 1.